The Kier molecular flexibility index (Phi) is 2.78. The number of hydrogen-bond donors (Lipinski definition) is 1. The molecular weight excluding hydrogens is 209 g/mol. The summed E-state index contributed by atoms with van der Waals surface area (Å²) in [5.41, 5.74) is 7.20. The number of nitrogens with zero attached hydrogens (tertiary/aromatic N) is 2. The van der Waals surface area contributed by atoms with E-state index >= 15 is 0 Å². The van der Waals surface area contributed by atoms with Gasteiger partial charge in [-0.2, -0.15) is 0 Å². The van der Waals surface area contributed by atoms with E-state index in [-0.39, 0.29) is 11.9 Å². The van der Waals surface area contributed by atoms with Gasteiger partial charge in [0.25, 0.3) is 0 Å². The summed E-state index contributed by atoms with van der Waals surface area (Å²) in [6.07, 6.45) is 0. The van der Waals surface area contributed by atoms with Crippen molar-refractivity contribution in [2.24, 2.45) is 0 Å². The first-order valence-corrected chi connectivity index (χ1v) is 5.05. The maximum atomic E-state index is 13.0. The van der Waals surface area contributed by atoms with E-state index in [2.05, 4.69) is 4.98 Å². The van der Waals surface area contributed by atoms with Crippen molar-refractivity contribution in [2.45, 2.75) is 13.0 Å². The Balaban J connectivity index is 2.55. The first-order chi connectivity index (χ1) is 7.63. The molecule has 16 heavy (non-hydrogen) atoms. The molecule has 0 aliphatic rings. The zero-order valence-corrected chi connectivity index (χ0v) is 9.27. The third kappa shape index (κ3) is 1.74. The molecule has 2 N–H and O–H groups in total. The second kappa shape index (κ2) is 4.09. The minimum atomic E-state index is -0.309. The van der Waals surface area contributed by atoms with Gasteiger partial charge < -0.3 is 15.0 Å². The Bertz CT molecular complexity index is 509. The molecule has 0 aliphatic carbocycles. The topological polar surface area (TPSA) is 53.1 Å². The highest BCUT2D eigenvalue weighted by Gasteiger charge is 2.13. The molecule has 0 amide bonds. The van der Waals surface area contributed by atoms with Crippen LogP contribution in [0.4, 0.5) is 10.3 Å². The van der Waals surface area contributed by atoms with Crippen LogP contribution >= 0.6 is 0 Å². The number of imidazole rings is 1. The number of benzene rings is 1. The standard InChI is InChI=1S/C11H14FN3O/c1-7(6-16-2)15-10-4-3-8(12)5-9(10)14-11(15)13/h3-5,7H,6H2,1-2H3,(H2,13,14). The van der Waals surface area contributed by atoms with Gasteiger partial charge in [0, 0.05) is 13.2 Å². The lowest BCUT2D eigenvalue weighted by Gasteiger charge is -2.14. The van der Waals surface area contributed by atoms with Gasteiger partial charge in [0.1, 0.15) is 5.82 Å². The van der Waals surface area contributed by atoms with E-state index < -0.39 is 0 Å². The molecule has 1 aromatic heterocycles. The average molecular weight is 223 g/mol. The number of fused-ring (bicyclic) bond motifs is 1. The lowest BCUT2D eigenvalue weighted by molar-refractivity contribution is 0.164. The number of halogens is 1. The van der Waals surface area contributed by atoms with Crippen molar-refractivity contribution >= 4 is 17.0 Å². The molecule has 1 unspecified atom stereocenters. The number of rotatable bonds is 3. The third-order valence-corrected chi connectivity index (χ3v) is 2.53. The Morgan fingerprint density at radius 1 is 1.56 bits per heavy atom. The van der Waals surface area contributed by atoms with Gasteiger partial charge in [-0.15, -0.1) is 0 Å². The van der Waals surface area contributed by atoms with Crippen molar-refractivity contribution < 1.29 is 9.13 Å². The summed E-state index contributed by atoms with van der Waals surface area (Å²) in [6.45, 7) is 2.51. The molecule has 1 heterocycles. The van der Waals surface area contributed by atoms with Gasteiger partial charge in [0.15, 0.2) is 0 Å². The first kappa shape index (κ1) is 10.9. The maximum absolute atomic E-state index is 13.0. The Labute approximate surface area is 92.8 Å². The van der Waals surface area contributed by atoms with E-state index in [1.54, 1.807) is 13.2 Å². The van der Waals surface area contributed by atoms with Gasteiger partial charge >= 0.3 is 0 Å². The average Bonchev–Trinajstić information content (AvgIpc) is 2.53. The van der Waals surface area contributed by atoms with E-state index in [0.29, 0.717) is 18.1 Å². The Hall–Kier alpha value is -1.62. The van der Waals surface area contributed by atoms with Crippen LogP contribution in [0.3, 0.4) is 0 Å². The number of nitrogens with two attached hydrogens (primary N) is 1. The smallest absolute Gasteiger partial charge is 0.201 e. The predicted molar refractivity (Wildman–Crippen MR) is 60.7 cm³/mol. The van der Waals surface area contributed by atoms with Crippen molar-refractivity contribution in [3.8, 4) is 0 Å². The fourth-order valence-corrected chi connectivity index (χ4v) is 1.87. The number of ether oxygens (including phenoxy) is 1. The van der Waals surface area contributed by atoms with Crippen LogP contribution in [0.25, 0.3) is 11.0 Å². The van der Waals surface area contributed by atoms with Crippen LogP contribution in [-0.2, 0) is 4.74 Å². The first-order valence-electron chi connectivity index (χ1n) is 5.05. The molecule has 0 saturated carbocycles. The van der Waals surface area contributed by atoms with E-state index in [1.807, 2.05) is 11.5 Å². The van der Waals surface area contributed by atoms with Crippen molar-refractivity contribution in [3.05, 3.63) is 24.0 Å². The molecule has 86 valence electrons. The summed E-state index contributed by atoms with van der Waals surface area (Å²) in [5, 5.41) is 0. The molecule has 1 atom stereocenters. The molecule has 2 rings (SSSR count). The van der Waals surface area contributed by atoms with Gasteiger partial charge in [-0.3, -0.25) is 0 Å². The summed E-state index contributed by atoms with van der Waals surface area (Å²) >= 11 is 0. The van der Waals surface area contributed by atoms with Gasteiger partial charge in [-0.1, -0.05) is 0 Å². The normalized spacial score (nSPS) is 13.2. The maximum Gasteiger partial charge on any atom is 0.201 e. The predicted octanol–water partition coefficient (Wildman–Crippen LogP) is 1.96. The highest BCUT2D eigenvalue weighted by atomic mass is 19.1. The number of nitrogen functional groups attached to an aromatic ring is 1. The van der Waals surface area contributed by atoms with E-state index in [1.165, 1.54) is 12.1 Å². The number of methoxy groups -OCH3 is 1. The second-order valence-corrected chi connectivity index (χ2v) is 3.78. The van der Waals surface area contributed by atoms with Crippen molar-refractivity contribution in [3.63, 3.8) is 0 Å². The van der Waals surface area contributed by atoms with Crippen molar-refractivity contribution in [1.82, 2.24) is 9.55 Å². The van der Waals surface area contributed by atoms with Crippen LogP contribution in [0.15, 0.2) is 18.2 Å². The summed E-state index contributed by atoms with van der Waals surface area (Å²) < 4.78 is 19.9. The van der Waals surface area contributed by atoms with E-state index in [9.17, 15) is 4.39 Å². The van der Waals surface area contributed by atoms with E-state index in [0.717, 1.165) is 5.52 Å². The minimum Gasteiger partial charge on any atom is -0.383 e. The zero-order valence-electron chi connectivity index (χ0n) is 9.27. The van der Waals surface area contributed by atoms with Gasteiger partial charge in [-0.25, -0.2) is 9.37 Å². The monoisotopic (exact) mass is 223 g/mol. The lowest BCUT2D eigenvalue weighted by atomic mass is 10.3. The fourth-order valence-electron chi connectivity index (χ4n) is 1.87. The Morgan fingerprint density at radius 2 is 2.31 bits per heavy atom. The van der Waals surface area contributed by atoms with Crippen molar-refractivity contribution in [2.75, 3.05) is 19.5 Å². The largest absolute Gasteiger partial charge is 0.383 e. The van der Waals surface area contributed by atoms with Crippen LogP contribution in [0, 0.1) is 5.82 Å². The zero-order chi connectivity index (χ0) is 11.7. The molecule has 0 saturated heterocycles. The van der Waals surface area contributed by atoms with Crippen LogP contribution < -0.4 is 5.73 Å². The summed E-state index contributed by atoms with van der Waals surface area (Å²) in [7, 11) is 1.63. The summed E-state index contributed by atoms with van der Waals surface area (Å²) in [5.74, 6) is 0.0710. The quantitative estimate of drug-likeness (QED) is 0.865. The molecule has 0 radical (unpaired) electrons. The molecular formula is C11H14FN3O. The molecule has 0 aliphatic heterocycles. The molecule has 4 nitrogen and oxygen atoms in total. The number of aromatic nitrogens is 2. The number of anilines is 1. The fraction of sp³-hybridized carbons (Fsp3) is 0.364. The Morgan fingerprint density at radius 3 is 3.00 bits per heavy atom. The summed E-state index contributed by atoms with van der Waals surface area (Å²) in [4.78, 5) is 4.12. The summed E-state index contributed by atoms with van der Waals surface area (Å²) in [6, 6.07) is 4.53. The SMILES string of the molecule is COCC(C)n1c(N)nc2cc(F)ccc21. The van der Waals surface area contributed by atoms with Gasteiger partial charge in [0.2, 0.25) is 5.95 Å². The highest BCUT2D eigenvalue weighted by molar-refractivity contribution is 5.78. The van der Waals surface area contributed by atoms with Gasteiger partial charge in [-0.05, 0) is 19.1 Å². The van der Waals surface area contributed by atoms with Crippen LogP contribution in [0.1, 0.15) is 13.0 Å². The third-order valence-electron chi connectivity index (χ3n) is 2.53. The van der Waals surface area contributed by atoms with Crippen LogP contribution in [0.2, 0.25) is 0 Å². The molecule has 0 spiro atoms. The highest BCUT2D eigenvalue weighted by Crippen LogP contribution is 2.23. The minimum absolute atomic E-state index is 0.0699. The number of hydrogen-bond acceptors (Lipinski definition) is 3. The molecule has 1 aromatic carbocycles. The van der Waals surface area contributed by atoms with Crippen LogP contribution in [-0.4, -0.2) is 23.3 Å². The molecule has 5 heteroatoms. The lowest BCUT2D eigenvalue weighted by Crippen LogP contribution is -2.13. The van der Waals surface area contributed by atoms with Crippen molar-refractivity contribution in [1.29, 1.82) is 0 Å². The van der Waals surface area contributed by atoms with Gasteiger partial charge in [0.05, 0.1) is 23.7 Å². The molecule has 0 fully saturated rings. The molecule has 2 aromatic rings. The van der Waals surface area contributed by atoms with Crippen LogP contribution in [0.5, 0.6) is 0 Å². The van der Waals surface area contributed by atoms with E-state index in [4.69, 9.17) is 10.5 Å². The molecule has 0 bridgehead atoms. The second-order valence-electron chi connectivity index (χ2n) is 3.78.